The lowest BCUT2D eigenvalue weighted by Gasteiger charge is -2.27. The summed E-state index contributed by atoms with van der Waals surface area (Å²) in [6.45, 7) is 2.16. The molecule has 45 heavy (non-hydrogen) atoms. The van der Waals surface area contributed by atoms with Crippen molar-refractivity contribution in [2.75, 3.05) is 0 Å². The molecule has 234 valence electrons. The molecule has 2 aromatic rings. The summed E-state index contributed by atoms with van der Waals surface area (Å²) in [5, 5.41) is 4.29. The molecule has 0 spiro atoms. The van der Waals surface area contributed by atoms with E-state index in [9.17, 15) is 42.7 Å². The van der Waals surface area contributed by atoms with Gasteiger partial charge < -0.3 is 0 Å². The van der Waals surface area contributed by atoms with Crippen LogP contribution >= 0.6 is 0 Å². The molecule has 4 heterocycles. The maximum Gasteiger partial charge on any atom is 0.262 e. The highest BCUT2D eigenvalue weighted by Gasteiger charge is 2.46. The zero-order valence-corrected chi connectivity index (χ0v) is 24.5. The molecule has 4 aliphatic rings. The van der Waals surface area contributed by atoms with Crippen LogP contribution in [-0.2, 0) is 25.6 Å². The summed E-state index contributed by atoms with van der Waals surface area (Å²) in [4.78, 5) is 97.6. The lowest BCUT2D eigenvalue weighted by atomic mass is 10.0. The minimum atomic E-state index is -1.02. The Labute approximate surface area is 257 Å². The molecule has 2 aromatic carbocycles. The van der Waals surface area contributed by atoms with E-state index in [4.69, 9.17) is 0 Å². The van der Waals surface area contributed by atoms with Gasteiger partial charge in [-0.3, -0.25) is 58.8 Å². The summed E-state index contributed by atoms with van der Waals surface area (Å²) in [7, 11) is 0. The number of aryl methyl sites for hydroxylation is 1. The minimum absolute atomic E-state index is 0.0537. The van der Waals surface area contributed by atoms with E-state index >= 15 is 0 Å². The van der Waals surface area contributed by atoms with E-state index in [1.54, 1.807) is 12.1 Å². The van der Waals surface area contributed by atoms with Gasteiger partial charge in [-0.25, -0.2) is 4.39 Å². The number of carbonyl (C=O) groups excluding carboxylic acids is 8. The molecule has 6 rings (SSSR count). The van der Waals surface area contributed by atoms with E-state index in [1.165, 1.54) is 12.5 Å². The average Bonchev–Trinajstić information content (AvgIpc) is 3.39. The van der Waals surface area contributed by atoms with Gasteiger partial charge in [0.15, 0.2) is 0 Å². The Kier molecular flexibility index (Phi) is 8.98. The number of hydrogen-bond acceptors (Lipinski definition) is 8. The Bertz CT molecular complexity index is 1650. The van der Waals surface area contributed by atoms with Crippen LogP contribution in [0.2, 0.25) is 0 Å². The van der Waals surface area contributed by atoms with Crippen LogP contribution in [0, 0.1) is 5.82 Å². The molecule has 0 radical (unpaired) electrons. The quantitative estimate of drug-likeness (QED) is 0.353. The van der Waals surface area contributed by atoms with Gasteiger partial charge in [-0.15, -0.1) is 0 Å². The zero-order chi connectivity index (χ0) is 32.4. The van der Waals surface area contributed by atoms with Crippen molar-refractivity contribution in [2.24, 2.45) is 0 Å². The number of benzene rings is 2. The standard InChI is InChI=1S/C19H22N2O4.C13H9FN2O4/c1-2-3-4-5-6-12-7-8-13-14(11-12)19(25)21(18(13)24)15-9-10-16(22)20-17(15)23;14-6-1-2-7-8(5-6)13(20)16(12(7)19)9-3-4-10(17)15-11(9)18/h7-8,11,15H,2-6,9-10H2,1H3,(H,20,22,23);1-2,5,9H,3-4H2,(H,15,17,18). The molecule has 2 N–H and O–H groups in total. The van der Waals surface area contributed by atoms with Crippen LogP contribution in [0.25, 0.3) is 0 Å². The van der Waals surface area contributed by atoms with Gasteiger partial charge in [-0.2, -0.15) is 0 Å². The Morgan fingerprint density at radius 3 is 1.64 bits per heavy atom. The summed E-state index contributed by atoms with van der Waals surface area (Å²) >= 11 is 0. The molecule has 0 bridgehead atoms. The van der Waals surface area contributed by atoms with E-state index in [-0.39, 0.29) is 42.7 Å². The van der Waals surface area contributed by atoms with Gasteiger partial charge in [0.2, 0.25) is 23.6 Å². The second kappa shape index (κ2) is 12.9. The first-order valence-corrected chi connectivity index (χ1v) is 14.9. The second-order valence-electron chi connectivity index (χ2n) is 11.3. The van der Waals surface area contributed by atoms with Crippen LogP contribution in [-0.4, -0.2) is 69.1 Å². The van der Waals surface area contributed by atoms with Crippen molar-refractivity contribution in [3.63, 3.8) is 0 Å². The second-order valence-corrected chi connectivity index (χ2v) is 11.3. The molecule has 2 unspecified atom stereocenters. The van der Waals surface area contributed by atoms with Crippen molar-refractivity contribution >= 4 is 47.3 Å². The molecule has 4 aliphatic heterocycles. The molecular weight excluding hydrogens is 587 g/mol. The van der Waals surface area contributed by atoms with Gasteiger partial charge in [0.25, 0.3) is 23.6 Å². The van der Waals surface area contributed by atoms with Crippen molar-refractivity contribution < 1.29 is 42.7 Å². The molecule has 13 heteroatoms. The van der Waals surface area contributed by atoms with Gasteiger partial charge in [0, 0.05) is 12.8 Å². The third kappa shape index (κ3) is 6.15. The van der Waals surface area contributed by atoms with Crippen LogP contribution in [0.15, 0.2) is 36.4 Å². The van der Waals surface area contributed by atoms with Gasteiger partial charge >= 0.3 is 0 Å². The molecule has 2 saturated heterocycles. The monoisotopic (exact) mass is 618 g/mol. The SMILES string of the molecule is CCCCCCc1ccc2c(c1)C(=O)N(C1CCC(=O)NC1=O)C2=O.O=C1CCC(N2C(=O)c3ccc(F)cc3C2=O)C(=O)N1. The highest BCUT2D eigenvalue weighted by Crippen LogP contribution is 2.30. The van der Waals surface area contributed by atoms with E-state index in [0.717, 1.165) is 53.2 Å². The lowest BCUT2D eigenvalue weighted by Crippen LogP contribution is -2.54. The highest BCUT2D eigenvalue weighted by atomic mass is 19.1. The summed E-state index contributed by atoms with van der Waals surface area (Å²) < 4.78 is 13.2. The predicted octanol–water partition coefficient (Wildman–Crippen LogP) is 2.44. The highest BCUT2D eigenvalue weighted by molar-refractivity contribution is 6.24. The number of imide groups is 4. The van der Waals surface area contributed by atoms with Crippen molar-refractivity contribution in [1.29, 1.82) is 0 Å². The number of halogens is 1. The first-order chi connectivity index (χ1) is 21.5. The normalized spacial score (nSPS) is 20.9. The number of piperidine rings is 2. The lowest BCUT2D eigenvalue weighted by molar-refractivity contribution is -0.137. The molecule has 2 fully saturated rings. The number of hydrogen-bond donors (Lipinski definition) is 2. The average molecular weight is 619 g/mol. The Hall–Kier alpha value is -5.07. The van der Waals surface area contributed by atoms with E-state index in [0.29, 0.717) is 11.1 Å². The van der Waals surface area contributed by atoms with Gasteiger partial charge in [0.05, 0.1) is 22.3 Å². The Morgan fingerprint density at radius 2 is 1.13 bits per heavy atom. The largest absolute Gasteiger partial charge is 0.295 e. The number of unbranched alkanes of at least 4 members (excludes halogenated alkanes) is 3. The fourth-order valence-electron chi connectivity index (χ4n) is 5.87. The minimum Gasteiger partial charge on any atom is -0.295 e. The molecule has 2 atom stereocenters. The number of carbonyl (C=O) groups is 8. The van der Waals surface area contributed by atoms with Gasteiger partial charge in [-0.1, -0.05) is 32.3 Å². The van der Waals surface area contributed by atoms with Crippen LogP contribution in [0.3, 0.4) is 0 Å². The third-order valence-electron chi connectivity index (χ3n) is 8.22. The molecular formula is C32H31FN4O8. The summed E-state index contributed by atoms with van der Waals surface area (Å²) in [6.07, 6.45) is 5.86. The predicted molar refractivity (Wildman–Crippen MR) is 154 cm³/mol. The summed E-state index contributed by atoms with van der Waals surface area (Å²) in [6, 6.07) is 6.67. The van der Waals surface area contributed by atoms with Crippen molar-refractivity contribution in [3.05, 3.63) is 70.0 Å². The summed E-state index contributed by atoms with van der Waals surface area (Å²) in [5.74, 6) is -4.94. The number of amides is 8. The summed E-state index contributed by atoms with van der Waals surface area (Å²) in [5.41, 5.74) is 1.75. The molecule has 0 saturated carbocycles. The van der Waals surface area contributed by atoms with E-state index < -0.39 is 59.3 Å². The topological polar surface area (TPSA) is 167 Å². The maximum absolute atomic E-state index is 13.2. The van der Waals surface area contributed by atoms with Crippen molar-refractivity contribution in [1.82, 2.24) is 20.4 Å². The van der Waals surface area contributed by atoms with Crippen LogP contribution in [0.4, 0.5) is 4.39 Å². The zero-order valence-electron chi connectivity index (χ0n) is 24.5. The number of rotatable bonds is 7. The van der Waals surface area contributed by atoms with E-state index in [1.807, 2.05) is 6.07 Å². The third-order valence-corrected chi connectivity index (χ3v) is 8.22. The fraction of sp³-hybridized carbons (Fsp3) is 0.375. The van der Waals surface area contributed by atoms with Gasteiger partial charge in [-0.05, 0) is 61.6 Å². The first-order valence-electron chi connectivity index (χ1n) is 14.9. The van der Waals surface area contributed by atoms with E-state index in [2.05, 4.69) is 17.6 Å². The van der Waals surface area contributed by atoms with Crippen molar-refractivity contribution in [2.45, 2.75) is 76.8 Å². The maximum atomic E-state index is 13.2. The number of fused-ring (bicyclic) bond motifs is 2. The molecule has 0 aromatic heterocycles. The molecule has 8 amide bonds. The number of nitrogens with zero attached hydrogens (tertiary/aromatic N) is 2. The van der Waals surface area contributed by atoms with Crippen LogP contribution < -0.4 is 10.6 Å². The Balaban J connectivity index is 0.000000182. The molecule has 0 aliphatic carbocycles. The fourth-order valence-corrected chi connectivity index (χ4v) is 5.87. The smallest absolute Gasteiger partial charge is 0.262 e. The van der Waals surface area contributed by atoms with Crippen LogP contribution in [0.5, 0.6) is 0 Å². The number of nitrogens with one attached hydrogen (secondary N) is 2. The Morgan fingerprint density at radius 1 is 0.644 bits per heavy atom. The molecule has 12 nitrogen and oxygen atoms in total. The van der Waals surface area contributed by atoms with Gasteiger partial charge in [0.1, 0.15) is 17.9 Å². The first kappa shape index (κ1) is 31.4. The van der Waals surface area contributed by atoms with Crippen molar-refractivity contribution in [3.8, 4) is 0 Å². The van der Waals surface area contributed by atoms with Crippen LogP contribution in [0.1, 0.15) is 105 Å².